The highest BCUT2D eigenvalue weighted by Gasteiger charge is 2.40. The van der Waals surface area contributed by atoms with E-state index in [1.54, 1.807) is 0 Å². The van der Waals surface area contributed by atoms with Crippen LogP contribution in [0.1, 0.15) is 58.8 Å². The van der Waals surface area contributed by atoms with E-state index in [-0.39, 0.29) is 23.9 Å². The lowest BCUT2D eigenvalue weighted by atomic mass is 9.95. The largest absolute Gasteiger partial charge is 0.351 e. The Bertz CT molecular complexity index is 488. The van der Waals surface area contributed by atoms with E-state index in [0.717, 1.165) is 32.2 Å². The Kier molecular flexibility index (Phi) is 5.08. The molecule has 2 amide bonds. The summed E-state index contributed by atoms with van der Waals surface area (Å²) in [5.41, 5.74) is 0. The van der Waals surface area contributed by atoms with Gasteiger partial charge in [-0.15, -0.1) is 0 Å². The molecule has 5 atom stereocenters. The molecule has 4 nitrogen and oxygen atoms in total. The van der Waals surface area contributed by atoms with Crippen LogP contribution in [-0.4, -0.2) is 35.3 Å². The lowest BCUT2D eigenvalue weighted by Gasteiger charge is -2.25. The van der Waals surface area contributed by atoms with Gasteiger partial charge in [-0.25, -0.2) is 0 Å². The van der Waals surface area contributed by atoms with Crippen LogP contribution in [0.25, 0.3) is 0 Å². The van der Waals surface area contributed by atoms with Gasteiger partial charge < -0.3 is 10.2 Å². The molecule has 128 valence electrons. The SMILES string of the molecule is CC1/C=C\[C@@H]2C[C@H]2NC(=O)[C@@H]2CCCN2C(=O)CC(C)CCC1. The molecule has 0 aromatic heterocycles. The van der Waals surface area contributed by atoms with Gasteiger partial charge in [0.2, 0.25) is 11.8 Å². The van der Waals surface area contributed by atoms with Crippen LogP contribution in [0.4, 0.5) is 0 Å². The molecular weight excluding hydrogens is 288 g/mol. The van der Waals surface area contributed by atoms with E-state index in [0.29, 0.717) is 24.2 Å². The topological polar surface area (TPSA) is 49.4 Å². The van der Waals surface area contributed by atoms with Crippen LogP contribution >= 0.6 is 0 Å². The van der Waals surface area contributed by atoms with Crippen molar-refractivity contribution in [1.29, 1.82) is 0 Å². The average molecular weight is 318 g/mol. The minimum atomic E-state index is -0.232. The van der Waals surface area contributed by atoms with Crippen LogP contribution in [0, 0.1) is 17.8 Å². The van der Waals surface area contributed by atoms with Gasteiger partial charge in [0.1, 0.15) is 6.04 Å². The van der Waals surface area contributed by atoms with E-state index in [2.05, 4.69) is 31.3 Å². The molecule has 2 fully saturated rings. The number of hydrogen-bond acceptors (Lipinski definition) is 2. The number of hydrogen-bond donors (Lipinski definition) is 1. The van der Waals surface area contributed by atoms with Crippen molar-refractivity contribution in [3.63, 3.8) is 0 Å². The molecule has 0 bridgehead atoms. The molecule has 3 aliphatic rings. The van der Waals surface area contributed by atoms with Crippen LogP contribution in [0.15, 0.2) is 12.2 Å². The van der Waals surface area contributed by atoms with Crippen LogP contribution < -0.4 is 5.32 Å². The second-order valence-electron chi connectivity index (χ2n) is 7.86. The second-order valence-corrected chi connectivity index (χ2v) is 7.86. The first-order valence-corrected chi connectivity index (χ1v) is 9.32. The zero-order valence-electron chi connectivity index (χ0n) is 14.5. The van der Waals surface area contributed by atoms with Gasteiger partial charge in [-0.3, -0.25) is 9.59 Å². The summed E-state index contributed by atoms with van der Waals surface area (Å²) >= 11 is 0. The summed E-state index contributed by atoms with van der Waals surface area (Å²) in [7, 11) is 0. The summed E-state index contributed by atoms with van der Waals surface area (Å²) in [6, 6.07) is 0.0523. The third kappa shape index (κ3) is 4.15. The molecule has 0 spiro atoms. The number of carbonyl (C=O) groups is 2. The maximum absolute atomic E-state index is 12.6. The first-order valence-electron chi connectivity index (χ1n) is 9.32. The first kappa shape index (κ1) is 16.5. The molecule has 4 heteroatoms. The number of nitrogens with zero attached hydrogens (tertiary/aromatic N) is 1. The van der Waals surface area contributed by atoms with Crippen LogP contribution in [0.5, 0.6) is 0 Å². The zero-order chi connectivity index (χ0) is 16.4. The molecule has 2 heterocycles. The van der Waals surface area contributed by atoms with Gasteiger partial charge in [-0.2, -0.15) is 0 Å². The normalized spacial score (nSPS) is 40.4. The zero-order valence-corrected chi connectivity index (χ0v) is 14.5. The number of allylic oxidation sites excluding steroid dienone is 1. The van der Waals surface area contributed by atoms with Crippen LogP contribution in [0.2, 0.25) is 0 Å². The molecule has 1 aliphatic carbocycles. The third-order valence-electron chi connectivity index (χ3n) is 5.61. The van der Waals surface area contributed by atoms with E-state index in [9.17, 15) is 9.59 Å². The Balaban J connectivity index is 1.70. The molecule has 0 aromatic rings. The molecule has 0 aromatic carbocycles. The molecule has 1 saturated heterocycles. The Morgan fingerprint density at radius 3 is 2.74 bits per heavy atom. The van der Waals surface area contributed by atoms with Gasteiger partial charge in [0, 0.05) is 19.0 Å². The fraction of sp³-hybridized carbons (Fsp3) is 0.789. The first-order chi connectivity index (χ1) is 11.0. The molecule has 2 unspecified atom stereocenters. The summed E-state index contributed by atoms with van der Waals surface area (Å²) < 4.78 is 0. The predicted molar refractivity (Wildman–Crippen MR) is 90.7 cm³/mol. The highest BCUT2D eigenvalue weighted by molar-refractivity contribution is 5.88. The van der Waals surface area contributed by atoms with E-state index in [1.165, 1.54) is 12.8 Å². The van der Waals surface area contributed by atoms with E-state index in [1.807, 2.05) is 4.90 Å². The summed E-state index contributed by atoms with van der Waals surface area (Å²) in [6.45, 7) is 5.17. The summed E-state index contributed by atoms with van der Waals surface area (Å²) in [6.07, 6.45) is 11.5. The molecule has 3 rings (SSSR count). The maximum atomic E-state index is 12.6. The van der Waals surface area contributed by atoms with E-state index < -0.39 is 0 Å². The molecule has 1 saturated carbocycles. The summed E-state index contributed by atoms with van der Waals surface area (Å²) in [5.74, 6) is 1.72. The van der Waals surface area contributed by atoms with Crippen molar-refractivity contribution >= 4 is 11.8 Å². The lowest BCUT2D eigenvalue weighted by molar-refractivity contribution is -0.139. The van der Waals surface area contributed by atoms with Crippen molar-refractivity contribution in [2.45, 2.75) is 70.9 Å². The number of fused-ring (bicyclic) bond motifs is 2. The summed E-state index contributed by atoms with van der Waals surface area (Å²) in [5, 5.41) is 3.16. The Hall–Kier alpha value is -1.32. The maximum Gasteiger partial charge on any atom is 0.243 e. The fourth-order valence-corrected chi connectivity index (χ4v) is 3.94. The lowest BCUT2D eigenvalue weighted by Crippen LogP contribution is -2.47. The quantitative estimate of drug-likeness (QED) is 0.698. The second kappa shape index (κ2) is 7.06. The highest BCUT2D eigenvalue weighted by atomic mass is 16.2. The van der Waals surface area contributed by atoms with Crippen LogP contribution in [0.3, 0.4) is 0 Å². The minimum absolute atomic E-state index is 0.0623. The van der Waals surface area contributed by atoms with Gasteiger partial charge >= 0.3 is 0 Å². The number of amides is 2. The third-order valence-corrected chi connectivity index (χ3v) is 5.61. The van der Waals surface area contributed by atoms with E-state index in [4.69, 9.17) is 0 Å². The average Bonchev–Trinajstić information content (AvgIpc) is 3.04. The number of carbonyl (C=O) groups excluding carboxylic acids is 2. The van der Waals surface area contributed by atoms with Crippen LogP contribution in [-0.2, 0) is 9.59 Å². The van der Waals surface area contributed by atoms with Gasteiger partial charge in [0.05, 0.1) is 0 Å². The molecular formula is C19H30N2O2. The molecule has 1 N–H and O–H groups in total. The van der Waals surface area contributed by atoms with Crippen molar-refractivity contribution < 1.29 is 9.59 Å². The van der Waals surface area contributed by atoms with Gasteiger partial charge in [-0.1, -0.05) is 38.8 Å². The monoisotopic (exact) mass is 318 g/mol. The number of rotatable bonds is 0. The number of nitrogens with one attached hydrogen (secondary N) is 1. The summed E-state index contributed by atoms with van der Waals surface area (Å²) in [4.78, 5) is 26.9. The van der Waals surface area contributed by atoms with Crippen molar-refractivity contribution in [1.82, 2.24) is 10.2 Å². The molecule has 23 heavy (non-hydrogen) atoms. The predicted octanol–water partition coefficient (Wildman–Crippen LogP) is 2.88. The fourth-order valence-electron chi connectivity index (χ4n) is 3.94. The Morgan fingerprint density at radius 2 is 1.91 bits per heavy atom. The van der Waals surface area contributed by atoms with Crippen molar-refractivity contribution in [3.05, 3.63) is 12.2 Å². The molecule has 2 aliphatic heterocycles. The Morgan fingerprint density at radius 1 is 1.09 bits per heavy atom. The van der Waals surface area contributed by atoms with Gasteiger partial charge in [0.15, 0.2) is 0 Å². The van der Waals surface area contributed by atoms with Crippen molar-refractivity contribution in [3.8, 4) is 0 Å². The highest BCUT2D eigenvalue weighted by Crippen LogP contribution is 2.33. The smallest absolute Gasteiger partial charge is 0.243 e. The van der Waals surface area contributed by atoms with Crippen molar-refractivity contribution in [2.75, 3.05) is 6.54 Å². The van der Waals surface area contributed by atoms with E-state index >= 15 is 0 Å². The van der Waals surface area contributed by atoms with Crippen molar-refractivity contribution in [2.24, 2.45) is 17.8 Å². The standard InChI is InChI=1S/C19H30N2O2/c1-13-5-3-6-14(2)11-18(22)21-10-4-7-17(21)19(23)20-16-12-15(16)9-8-13/h8-9,13-17H,3-7,10-12H2,1-2H3,(H,20,23)/b9-8-/t13?,14?,15-,16-,17+/m1/s1. The van der Waals surface area contributed by atoms with Gasteiger partial charge in [-0.05, 0) is 43.4 Å². The Labute approximate surface area is 139 Å². The van der Waals surface area contributed by atoms with Gasteiger partial charge in [0.25, 0.3) is 0 Å². The minimum Gasteiger partial charge on any atom is -0.351 e. The molecule has 0 radical (unpaired) electrons.